The maximum absolute atomic E-state index is 10.9. The summed E-state index contributed by atoms with van der Waals surface area (Å²) >= 11 is 0. The summed E-state index contributed by atoms with van der Waals surface area (Å²) < 4.78 is 0. The number of rotatable bonds is 3. The van der Waals surface area contributed by atoms with Gasteiger partial charge in [-0.2, -0.15) is 0 Å². The van der Waals surface area contributed by atoms with Crippen molar-refractivity contribution in [3.05, 3.63) is 24.0 Å². The van der Waals surface area contributed by atoms with Gasteiger partial charge < -0.3 is 19.7 Å². The summed E-state index contributed by atoms with van der Waals surface area (Å²) in [6, 6.07) is 4.08. The van der Waals surface area contributed by atoms with Crippen LogP contribution >= 0.6 is 0 Å². The number of pyridine rings is 1. The van der Waals surface area contributed by atoms with Gasteiger partial charge in [0.05, 0.1) is 17.1 Å². The lowest BCUT2D eigenvalue weighted by Gasteiger charge is -2.31. The molecule has 2 fully saturated rings. The quantitative estimate of drug-likeness (QED) is 0.861. The van der Waals surface area contributed by atoms with E-state index in [1.807, 2.05) is 19.2 Å². The number of aromatic nitrogens is 1. The van der Waals surface area contributed by atoms with Crippen LogP contribution in [-0.2, 0) is 4.84 Å². The number of carboxylic acid groups (broad SMARTS) is 1. The smallest absolute Gasteiger partial charge is 0.407 e. The van der Waals surface area contributed by atoms with Crippen LogP contribution in [0.4, 0.5) is 10.5 Å². The third-order valence-corrected chi connectivity index (χ3v) is 4.70. The number of nitrogens with zero attached hydrogens (tertiary/aromatic N) is 4. The third kappa shape index (κ3) is 3.96. The van der Waals surface area contributed by atoms with Gasteiger partial charge in [-0.3, -0.25) is 4.98 Å². The van der Waals surface area contributed by atoms with E-state index < -0.39 is 6.09 Å². The zero-order valence-electron chi connectivity index (χ0n) is 14.0. The second kappa shape index (κ2) is 7.51. The Morgan fingerprint density at radius 1 is 1.29 bits per heavy atom. The molecule has 0 radical (unpaired) electrons. The van der Waals surface area contributed by atoms with Crippen LogP contribution in [0, 0.1) is 6.92 Å². The van der Waals surface area contributed by atoms with Crippen LogP contribution < -0.4 is 4.90 Å². The van der Waals surface area contributed by atoms with E-state index in [2.05, 4.69) is 21.1 Å². The van der Waals surface area contributed by atoms with Crippen LogP contribution in [-0.4, -0.2) is 59.1 Å². The van der Waals surface area contributed by atoms with E-state index >= 15 is 0 Å². The molecule has 0 bridgehead atoms. The van der Waals surface area contributed by atoms with Gasteiger partial charge in [-0.15, -0.1) is 0 Å². The molecular formula is C17H24N4O3. The average Bonchev–Trinajstić information content (AvgIpc) is 2.61. The first-order valence-corrected chi connectivity index (χ1v) is 8.49. The Kier molecular flexibility index (Phi) is 5.17. The Bertz CT molecular complexity index is 602. The van der Waals surface area contributed by atoms with Crippen LogP contribution in [0.15, 0.2) is 23.5 Å². The first-order valence-electron chi connectivity index (χ1n) is 8.49. The van der Waals surface area contributed by atoms with Crippen molar-refractivity contribution in [2.45, 2.75) is 38.7 Å². The number of anilines is 1. The minimum absolute atomic E-state index is 0.0340. The highest BCUT2D eigenvalue weighted by atomic mass is 16.6. The van der Waals surface area contributed by atoms with Crippen molar-refractivity contribution >= 4 is 17.5 Å². The van der Waals surface area contributed by atoms with Gasteiger partial charge in [-0.1, -0.05) is 5.16 Å². The fourth-order valence-corrected chi connectivity index (χ4v) is 3.21. The molecule has 0 aromatic carbocycles. The third-order valence-electron chi connectivity index (χ3n) is 4.70. The zero-order valence-corrected chi connectivity index (χ0v) is 14.0. The Balaban J connectivity index is 1.46. The van der Waals surface area contributed by atoms with Crippen molar-refractivity contribution in [3.63, 3.8) is 0 Å². The summed E-state index contributed by atoms with van der Waals surface area (Å²) in [4.78, 5) is 24.7. The molecular weight excluding hydrogens is 308 g/mol. The van der Waals surface area contributed by atoms with Gasteiger partial charge in [-0.05, 0) is 19.1 Å². The molecule has 7 nitrogen and oxygen atoms in total. The van der Waals surface area contributed by atoms with Crippen molar-refractivity contribution in [2.24, 2.45) is 5.16 Å². The summed E-state index contributed by atoms with van der Waals surface area (Å²) in [6.45, 7) is 4.93. The second-order valence-electron chi connectivity index (χ2n) is 6.33. The first kappa shape index (κ1) is 16.5. The molecule has 7 heteroatoms. The number of carbonyl (C=O) groups is 1. The number of likely N-dealkylation sites (tertiary alicyclic amines) is 1. The van der Waals surface area contributed by atoms with Gasteiger partial charge in [0.15, 0.2) is 0 Å². The zero-order chi connectivity index (χ0) is 16.9. The number of hydrogen-bond acceptors (Lipinski definition) is 5. The summed E-state index contributed by atoms with van der Waals surface area (Å²) in [6.07, 6.45) is 4.21. The highest BCUT2D eigenvalue weighted by Gasteiger charge is 2.24. The van der Waals surface area contributed by atoms with E-state index in [1.54, 1.807) is 0 Å². The molecule has 3 rings (SSSR count). The van der Waals surface area contributed by atoms with Gasteiger partial charge >= 0.3 is 6.09 Å². The molecule has 0 aliphatic carbocycles. The molecule has 1 amide bonds. The minimum atomic E-state index is -0.849. The minimum Gasteiger partial charge on any atom is -0.465 e. The van der Waals surface area contributed by atoms with Crippen LogP contribution in [0.5, 0.6) is 0 Å². The largest absolute Gasteiger partial charge is 0.465 e. The standard InChI is InChI=1S/C17H24N4O3/c1-13-16(3-2-8-18-13)20-9-4-14(5-10-20)19-24-15-6-11-21(12-7-15)17(22)23/h2-3,8,15H,4-7,9-12H2,1H3,(H,22,23). The molecule has 3 heterocycles. The molecule has 2 aliphatic rings. The predicted octanol–water partition coefficient (Wildman–Crippen LogP) is 2.51. The van der Waals surface area contributed by atoms with Gasteiger partial charge in [0.1, 0.15) is 6.10 Å². The summed E-state index contributed by atoms with van der Waals surface area (Å²) in [5.41, 5.74) is 3.34. The van der Waals surface area contributed by atoms with Crippen LogP contribution in [0.25, 0.3) is 0 Å². The Morgan fingerprint density at radius 2 is 2.00 bits per heavy atom. The van der Waals surface area contributed by atoms with Crippen molar-refractivity contribution < 1.29 is 14.7 Å². The molecule has 1 aromatic heterocycles. The highest BCUT2D eigenvalue weighted by Crippen LogP contribution is 2.21. The van der Waals surface area contributed by atoms with Crippen molar-refractivity contribution in [1.29, 1.82) is 0 Å². The molecule has 130 valence electrons. The van der Waals surface area contributed by atoms with Crippen molar-refractivity contribution in [3.8, 4) is 0 Å². The van der Waals surface area contributed by atoms with Gasteiger partial charge in [0.25, 0.3) is 0 Å². The Hall–Kier alpha value is -2.31. The molecule has 0 atom stereocenters. The number of oxime groups is 1. The van der Waals surface area contributed by atoms with E-state index in [9.17, 15) is 4.79 Å². The molecule has 0 spiro atoms. The topological polar surface area (TPSA) is 78.3 Å². The van der Waals surface area contributed by atoms with E-state index in [4.69, 9.17) is 9.94 Å². The van der Waals surface area contributed by atoms with Crippen LogP contribution in [0.3, 0.4) is 0 Å². The summed E-state index contributed by atoms with van der Waals surface area (Å²) in [5, 5.41) is 13.3. The fourth-order valence-electron chi connectivity index (χ4n) is 3.21. The van der Waals surface area contributed by atoms with E-state index in [-0.39, 0.29) is 6.10 Å². The van der Waals surface area contributed by atoms with Gasteiger partial charge in [-0.25, -0.2) is 4.79 Å². The SMILES string of the molecule is Cc1ncccc1N1CCC(=NOC2CCN(C(=O)O)CC2)CC1. The summed E-state index contributed by atoms with van der Waals surface area (Å²) in [5.74, 6) is 0. The van der Waals surface area contributed by atoms with E-state index in [1.165, 1.54) is 10.6 Å². The molecule has 1 aromatic rings. The lowest BCUT2D eigenvalue weighted by molar-refractivity contribution is 0.0127. The van der Waals surface area contributed by atoms with Crippen LogP contribution in [0.2, 0.25) is 0 Å². The van der Waals surface area contributed by atoms with E-state index in [0.717, 1.165) is 37.3 Å². The second-order valence-corrected chi connectivity index (χ2v) is 6.33. The Labute approximate surface area is 141 Å². The monoisotopic (exact) mass is 332 g/mol. The number of hydrogen-bond donors (Lipinski definition) is 1. The molecule has 0 unspecified atom stereocenters. The average molecular weight is 332 g/mol. The van der Waals surface area contributed by atoms with Gasteiger partial charge in [0, 0.05) is 58.1 Å². The lowest BCUT2D eigenvalue weighted by Crippen LogP contribution is -2.40. The first-order chi connectivity index (χ1) is 11.6. The maximum atomic E-state index is 10.9. The predicted molar refractivity (Wildman–Crippen MR) is 91.6 cm³/mol. The molecule has 1 N–H and O–H groups in total. The molecule has 2 aliphatic heterocycles. The number of aryl methyl sites for hydroxylation is 1. The molecule has 2 saturated heterocycles. The molecule has 0 saturated carbocycles. The summed E-state index contributed by atoms with van der Waals surface area (Å²) in [7, 11) is 0. The lowest BCUT2D eigenvalue weighted by atomic mass is 10.1. The fraction of sp³-hybridized carbons (Fsp3) is 0.588. The van der Waals surface area contributed by atoms with Crippen LogP contribution in [0.1, 0.15) is 31.4 Å². The Morgan fingerprint density at radius 3 is 2.62 bits per heavy atom. The highest BCUT2D eigenvalue weighted by molar-refractivity contribution is 5.86. The van der Waals surface area contributed by atoms with Crippen molar-refractivity contribution in [2.75, 3.05) is 31.1 Å². The van der Waals surface area contributed by atoms with E-state index in [0.29, 0.717) is 25.9 Å². The maximum Gasteiger partial charge on any atom is 0.407 e. The van der Waals surface area contributed by atoms with Gasteiger partial charge in [0.2, 0.25) is 0 Å². The van der Waals surface area contributed by atoms with Crippen molar-refractivity contribution in [1.82, 2.24) is 9.88 Å². The number of amides is 1. The molecule has 24 heavy (non-hydrogen) atoms. The number of piperidine rings is 2. The normalized spacial score (nSPS) is 19.3.